The van der Waals surface area contributed by atoms with E-state index >= 15 is 0 Å². The molecular weight excluding hydrogens is 341 g/mol. The Balaban J connectivity index is 1.73. The molecule has 1 aromatic carbocycles. The number of fused-ring (bicyclic) bond motifs is 1. The third kappa shape index (κ3) is 3.54. The Bertz CT molecular complexity index is 745. The van der Waals surface area contributed by atoms with Crippen molar-refractivity contribution in [2.45, 2.75) is 18.6 Å². The van der Waals surface area contributed by atoms with E-state index in [1.165, 1.54) is 0 Å². The molecule has 0 radical (unpaired) electrons. The quantitative estimate of drug-likeness (QED) is 0.866. The third-order valence-corrected chi connectivity index (χ3v) is 4.03. The van der Waals surface area contributed by atoms with Gasteiger partial charge in [0.1, 0.15) is 12.3 Å². The number of nitrogens with one attached hydrogen (secondary N) is 1. The molecule has 2 aliphatic rings. The summed E-state index contributed by atoms with van der Waals surface area (Å²) < 4.78 is 42.9. The number of ether oxygens (including phenoxy) is 1. The molecule has 1 atom stereocenters. The van der Waals surface area contributed by atoms with Crippen molar-refractivity contribution in [3.05, 3.63) is 41.2 Å². The van der Waals surface area contributed by atoms with Crippen LogP contribution in [-0.4, -0.2) is 47.7 Å². The summed E-state index contributed by atoms with van der Waals surface area (Å²) in [6.07, 6.45) is -4.14. The fraction of sp³-hybridized carbons (Fsp3) is 0.375. The van der Waals surface area contributed by atoms with Crippen molar-refractivity contribution in [2.24, 2.45) is 0 Å². The number of aliphatic hydroxyl groups excluding tert-OH is 1. The van der Waals surface area contributed by atoms with Crippen molar-refractivity contribution in [1.29, 1.82) is 0 Å². The Morgan fingerprint density at radius 3 is 2.80 bits per heavy atom. The van der Waals surface area contributed by atoms with Crippen LogP contribution in [-0.2, 0) is 9.59 Å². The molecule has 0 spiro atoms. The first-order valence-electron chi connectivity index (χ1n) is 7.57. The van der Waals surface area contributed by atoms with E-state index in [-0.39, 0.29) is 5.57 Å². The first kappa shape index (κ1) is 17.1. The van der Waals surface area contributed by atoms with Gasteiger partial charge in [-0.15, -0.1) is 0 Å². The summed E-state index contributed by atoms with van der Waals surface area (Å²) in [6.45, 7) is -1.74. The predicted octanol–water partition coefficient (Wildman–Crippen LogP) is 1.84. The highest BCUT2D eigenvalue weighted by Crippen LogP contribution is 2.32. The largest absolute Gasteiger partial charge is 0.503 e. The molecule has 2 aliphatic heterocycles. The normalized spacial score (nSPS) is 20.4. The molecule has 3 rings (SSSR count). The molecule has 2 N–H and O–H groups in total. The molecule has 2 heterocycles. The summed E-state index contributed by atoms with van der Waals surface area (Å²) in [5.74, 6) is -2.30. The van der Waals surface area contributed by atoms with Crippen LogP contribution >= 0.6 is 0 Å². The van der Waals surface area contributed by atoms with Gasteiger partial charge in [-0.1, -0.05) is 18.2 Å². The van der Waals surface area contributed by atoms with E-state index < -0.39 is 42.9 Å². The average molecular weight is 356 g/mol. The summed E-state index contributed by atoms with van der Waals surface area (Å²) >= 11 is 0. The van der Waals surface area contributed by atoms with Gasteiger partial charge in [-0.05, 0) is 6.07 Å². The van der Waals surface area contributed by atoms with Gasteiger partial charge < -0.3 is 20.1 Å². The van der Waals surface area contributed by atoms with E-state index in [1.807, 2.05) is 0 Å². The molecule has 0 aliphatic carbocycles. The number of alkyl halides is 3. The van der Waals surface area contributed by atoms with Crippen LogP contribution in [0.1, 0.15) is 18.0 Å². The number of amides is 2. The number of carbonyl (C=O) groups is 2. The van der Waals surface area contributed by atoms with Crippen molar-refractivity contribution in [3.8, 4) is 5.75 Å². The first-order valence-corrected chi connectivity index (χ1v) is 7.57. The summed E-state index contributed by atoms with van der Waals surface area (Å²) in [4.78, 5) is 24.5. The molecule has 134 valence electrons. The molecule has 0 saturated carbocycles. The lowest BCUT2D eigenvalue weighted by Crippen LogP contribution is -2.38. The van der Waals surface area contributed by atoms with Gasteiger partial charge in [0.05, 0.1) is 24.8 Å². The molecular formula is C16H15F3N2O4. The number of carbonyl (C=O) groups excluding carboxylic acids is 2. The minimum Gasteiger partial charge on any atom is -0.503 e. The summed E-state index contributed by atoms with van der Waals surface area (Å²) in [5.41, 5.74) is 0.372. The molecule has 2 amide bonds. The van der Waals surface area contributed by atoms with Crippen molar-refractivity contribution in [3.63, 3.8) is 0 Å². The van der Waals surface area contributed by atoms with Crippen molar-refractivity contribution in [2.75, 3.05) is 19.7 Å². The Morgan fingerprint density at radius 1 is 1.36 bits per heavy atom. The third-order valence-electron chi connectivity index (χ3n) is 4.03. The Labute approximate surface area is 140 Å². The Morgan fingerprint density at radius 2 is 2.08 bits per heavy atom. The maximum atomic E-state index is 12.5. The number of hydrogen-bond donors (Lipinski definition) is 2. The number of para-hydroxylation sites is 1. The van der Waals surface area contributed by atoms with Gasteiger partial charge >= 0.3 is 6.18 Å². The van der Waals surface area contributed by atoms with Gasteiger partial charge in [-0.2, -0.15) is 13.2 Å². The lowest BCUT2D eigenvalue weighted by atomic mass is 10.00. The summed E-state index contributed by atoms with van der Waals surface area (Å²) in [6, 6.07) is 6.65. The summed E-state index contributed by atoms with van der Waals surface area (Å²) in [7, 11) is 0. The fourth-order valence-corrected chi connectivity index (χ4v) is 2.88. The Kier molecular flexibility index (Phi) is 4.32. The van der Waals surface area contributed by atoms with Gasteiger partial charge in [0.2, 0.25) is 0 Å². The highest BCUT2D eigenvalue weighted by atomic mass is 19.4. The second-order valence-electron chi connectivity index (χ2n) is 5.80. The highest BCUT2D eigenvalue weighted by Gasteiger charge is 2.41. The van der Waals surface area contributed by atoms with Crippen molar-refractivity contribution >= 4 is 11.8 Å². The standard InChI is InChI=1S/C16H15F3N2O4/c17-16(18,19)8-21-7-10(13(22)15(21)24)14(23)20-11-5-6-25-12-4-2-1-3-9(11)12/h1-4,11,22H,5-8H2,(H,20,23). The second-order valence-corrected chi connectivity index (χ2v) is 5.80. The number of aliphatic hydroxyl groups is 1. The molecule has 0 saturated heterocycles. The van der Waals surface area contributed by atoms with E-state index in [0.717, 1.165) is 5.56 Å². The maximum absolute atomic E-state index is 12.5. The van der Waals surface area contributed by atoms with Crippen LogP contribution in [0.4, 0.5) is 13.2 Å². The van der Waals surface area contributed by atoms with Crippen LogP contribution in [0.2, 0.25) is 0 Å². The zero-order valence-electron chi connectivity index (χ0n) is 13.0. The molecule has 0 aromatic heterocycles. The molecule has 9 heteroatoms. The summed E-state index contributed by atoms with van der Waals surface area (Å²) in [5, 5.41) is 12.4. The van der Waals surface area contributed by atoms with E-state index in [2.05, 4.69) is 5.32 Å². The van der Waals surface area contributed by atoms with Crippen LogP contribution in [0.25, 0.3) is 0 Å². The van der Waals surface area contributed by atoms with E-state index in [9.17, 15) is 27.9 Å². The number of hydrogen-bond acceptors (Lipinski definition) is 4. The molecule has 1 aromatic rings. The van der Waals surface area contributed by atoms with Gasteiger partial charge in [0.15, 0.2) is 5.76 Å². The predicted molar refractivity (Wildman–Crippen MR) is 79.7 cm³/mol. The topological polar surface area (TPSA) is 78.9 Å². The second kappa shape index (κ2) is 6.30. The first-order chi connectivity index (χ1) is 11.8. The average Bonchev–Trinajstić information content (AvgIpc) is 2.82. The zero-order chi connectivity index (χ0) is 18.2. The van der Waals surface area contributed by atoms with E-state index in [0.29, 0.717) is 23.7 Å². The van der Waals surface area contributed by atoms with Gasteiger partial charge in [0, 0.05) is 12.0 Å². The van der Waals surface area contributed by atoms with Crippen LogP contribution in [0.15, 0.2) is 35.6 Å². The van der Waals surface area contributed by atoms with E-state index in [4.69, 9.17) is 4.74 Å². The molecule has 0 fully saturated rings. The van der Waals surface area contributed by atoms with Crippen molar-refractivity contribution in [1.82, 2.24) is 10.2 Å². The molecule has 1 unspecified atom stereocenters. The number of nitrogens with zero attached hydrogens (tertiary/aromatic N) is 1. The highest BCUT2D eigenvalue weighted by molar-refractivity contribution is 6.07. The molecule has 25 heavy (non-hydrogen) atoms. The van der Waals surface area contributed by atoms with Gasteiger partial charge in [-0.3, -0.25) is 9.59 Å². The van der Waals surface area contributed by atoms with Crippen molar-refractivity contribution < 1.29 is 32.6 Å². The van der Waals surface area contributed by atoms with Gasteiger partial charge in [-0.25, -0.2) is 0 Å². The fourth-order valence-electron chi connectivity index (χ4n) is 2.88. The lowest BCUT2D eigenvalue weighted by molar-refractivity contribution is -0.157. The van der Waals surface area contributed by atoms with Crippen LogP contribution in [0, 0.1) is 0 Å². The van der Waals surface area contributed by atoms with Crippen LogP contribution in [0.3, 0.4) is 0 Å². The Hall–Kier alpha value is -2.71. The minimum atomic E-state index is -4.61. The van der Waals surface area contributed by atoms with Crippen LogP contribution in [0.5, 0.6) is 5.75 Å². The monoisotopic (exact) mass is 356 g/mol. The smallest absolute Gasteiger partial charge is 0.406 e. The SMILES string of the molecule is O=C(NC1CCOc2ccccc21)C1=C(O)C(=O)N(CC(F)(F)F)C1. The number of rotatable bonds is 3. The van der Waals surface area contributed by atoms with Gasteiger partial charge in [0.25, 0.3) is 11.8 Å². The lowest BCUT2D eigenvalue weighted by Gasteiger charge is -2.26. The zero-order valence-corrected chi connectivity index (χ0v) is 13.0. The molecule has 0 bridgehead atoms. The van der Waals surface area contributed by atoms with Crippen LogP contribution < -0.4 is 10.1 Å². The maximum Gasteiger partial charge on any atom is 0.406 e. The number of benzene rings is 1. The minimum absolute atomic E-state index is 0.363. The van der Waals surface area contributed by atoms with E-state index in [1.54, 1.807) is 24.3 Å². The number of halogens is 3. The molecule has 6 nitrogen and oxygen atoms in total.